The Bertz CT molecular complexity index is 635. The van der Waals surface area contributed by atoms with Gasteiger partial charge in [0.2, 0.25) is 0 Å². The van der Waals surface area contributed by atoms with Crippen molar-refractivity contribution in [2.24, 2.45) is 4.99 Å². The average Bonchev–Trinajstić information content (AvgIpc) is 2.49. The first-order valence-electron chi connectivity index (χ1n) is 7.24. The van der Waals surface area contributed by atoms with Gasteiger partial charge in [0.15, 0.2) is 0 Å². The molecule has 23 heavy (non-hydrogen) atoms. The Morgan fingerprint density at radius 1 is 1.35 bits per heavy atom. The number of allylic oxidation sites excluding steroid dienone is 7. The molecule has 5 heteroatoms. The smallest absolute Gasteiger partial charge is 0.434 e. The molecule has 0 bridgehead atoms. The van der Waals surface area contributed by atoms with Gasteiger partial charge in [-0.3, -0.25) is 0 Å². The summed E-state index contributed by atoms with van der Waals surface area (Å²) in [5, 5.41) is 0. The SMILES string of the molecule is C=C1C=C(I)C=C/C1=N\C(=O)OC/C(=C\Cl)CCC(C)=C(C)C. The lowest BCUT2D eigenvalue weighted by Gasteiger charge is -2.09. The summed E-state index contributed by atoms with van der Waals surface area (Å²) in [7, 11) is 0. The van der Waals surface area contributed by atoms with Crippen LogP contribution in [0.1, 0.15) is 33.6 Å². The van der Waals surface area contributed by atoms with Gasteiger partial charge in [-0.1, -0.05) is 29.3 Å². The summed E-state index contributed by atoms with van der Waals surface area (Å²) in [5.41, 5.74) is 6.18. The van der Waals surface area contributed by atoms with Gasteiger partial charge in [0.25, 0.3) is 0 Å². The molecular weight excluding hydrogens is 425 g/mol. The van der Waals surface area contributed by atoms with Gasteiger partial charge in [-0.05, 0) is 85.6 Å². The van der Waals surface area contributed by atoms with E-state index >= 15 is 0 Å². The van der Waals surface area contributed by atoms with Crippen molar-refractivity contribution in [3.05, 3.63) is 56.2 Å². The van der Waals surface area contributed by atoms with E-state index in [2.05, 4.69) is 54.9 Å². The minimum Gasteiger partial charge on any atom is -0.443 e. The van der Waals surface area contributed by atoms with E-state index in [4.69, 9.17) is 16.3 Å². The van der Waals surface area contributed by atoms with E-state index in [-0.39, 0.29) is 6.61 Å². The fourth-order valence-electron chi connectivity index (χ4n) is 1.70. The minimum atomic E-state index is -0.633. The van der Waals surface area contributed by atoms with E-state index in [1.54, 1.807) is 6.08 Å². The van der Waals surface area contributed by atoms with Crippen LogP contribution in [0.15, 0.2) is 61.2 Å². The Balaban J connectivity index is 2.54. The van der Waals surface area contributed by atoms with Crippen LogP contribution in [0.3, 0.4) is 0 Å². The topological polar surface area (TPSA) is 38.7 Å². The Kier molecular flexibility index (Phi) is 8.55. The normalized spacial score (nSPS) is 16.4. The van der Waals surface area contributed by atoms with Crippen molar-refractivity contribution in [3.63, 3.8) is 0 Å². The van der Waals surface area contributed by atoms with E-state index in [0.29, 0.717) is 11.3 Å². The lowest BCUT2D eigenvalue weighted by atomic mass is 10.0. The number of hydrogen-bond acceptors (Lipinski definition) is 2. The Hall–Kier alpha value is -1.14. The molecule has 0 radical (unpaired) electrons. The Morgan fingerprint density at radius 3 is 2.61 bits per heavy atom. The van der Waals surface area contributed by atoms with Gasteiger partial charge in [-0.2, -0.15) is 4.99 Å². The number of nitrogens with zero attached hydrogens (tertiary/aromatic N) is 1. The molecule has 0 aromatic rings. The van der Waals surface area contributed by atoms with E-state index in [9.17, 15) is 4.79 Å². The number of carbonyl (C=O) groups excluding carboxylic acids is 1. The van der Waals surface area contributed by atoms with E-state index in [1.807, 2.05) is 12.2 Å². The molecule has 124 valence electrons. The van der Waals surface area contributed by atoms with Gasteiger partial charge in [-0.15, -0.1) is 0 Å². The first kappa shape index (κ1) is 19.9. The van der Waals surface area contributed by atoms with Gasteiger partial charge in [-0.25, -0.2) is 4.79 Å². The third kappa shape index (κ3) is 7.31. The van der Waals surface area contributed by atoms with Crippen molar-refractivity contribution in [1.82, 2.24) is 0 Å². The van der Waals surface area contributed by atoms with Crippen molar-refractivity contribution in [2.75, 3.05) is 6.61 Å². The van der Waals surface area contributed by atoms with Crippen molar-refractivity contribution in [1.29, 1.82) is 0 Å². The molecule has 0 heterocycles. The molecule has 3 nitrogen and oxygen atoms in total. The highest BCUT2D eigenvalue weighted by molar-refractivity contribution is 14.1. The van der Waals surface area contributed by atoms with Gasteiger partial charge < -0.3 is 4.74 Å². The second-order valence-electron chi connectivity index (χ2n) is 5.49. The number of hydrogen-bond donors (Lipinski definition) is 0. The standard InChI is InChI=1S/C18H21ClINO2/c1-12(2)13(3)5-6-15(10-19)11-23-18(22)21-17-8-7-16(20)9-14(17)4/h7-10H,4-6,11H2,1-3H3/b15-10-,21-17+. The molecule has 0 N–H and O–H groups in total. The largest absolute Gasteiger partial charge is 0.443 e. The third-order valence-electron chi connectivity index (χ3n) is 3.46. The first-order valence-corrected chi connectivity index (χ1v) is 8.76. The van der Waals surface area contributed by atoms with Crippen LogP contribution in [-0.4, -0.2) is 18.4 Å². The second-order valence-corrected chi connectivity index (χ2v) is 6.95. The summed E-state index contributed by atoms with van der Waals surface area (Å²) in [5.74, 6) is 0. The number of amides is 1. The maximum absolute atomic E-state index is 11.8. The number of carbonyl (C=O) groups is 1. The van der Waals surface area contributed by atoms with E-state index in [1.165, 1.54) is 16.7 Å². The third-order valence-corrected chi connectivity index (χ3v) is 4.44. The highest BCUT2D eigenvalue weighted by Gasteiger charge is 2.09. The molecule has 0 unspecified atom stereocenters. The van der Waals surface area contributed by atoms with Gasteiger partial charge in [0.1, 0.15) is 6.61 Å². The van der Waals surface area contributed by atoms with Crippen LogP contribution >= 0.6 is 34.2 Å². The van der Waals surface area contributed by atoms with Gasteiger partial charge in [0.05, 0.1) is 5.71 Å². The predicted molar refractivity (Wildman–Crippen MR) is 106 cm³/mol. The zero-order chi connectivity index (χ0) is 17.4. The quantitative estimate of drug-likeness (QED) is 0.369. The number of aliphatic imine (C=N–C) groups is 1. The monoisotopic (exact) mass is 445 g/mol. The lowest BCUT2D eigenvalue weighted by molar-refractivity contribution is 0.166. The van der Waals surface area contributed by atoms with E-state index in [0.717, 1.165) is 22.0 Å². The zero-order valence-electron chi connectivity index (χ0n) is 13.7. The first-order chi connectivity index (χ1) is 10.8. The lowest BCUT2D eigenvalue weighted by Crippen LogP contribution is -2.08. The van der Waals surface area contributed by atoms with Crippen LogP contribution < -0.4 is 0 Å². The van der Waals surface area contributed by atoms with Crippen LogP contribution in [0.2, 0.25) is 0 Å². The van der Waals surface area contributed by atoms with Crippen molar-refractivity contribution >= 4 is 46.0 Å². The fourth-order valence-corrected chi connectivity index (χ4v) is 2.43. The van der Waals surface area contributed by atoms with Crippen LogP contribution in [0.25, 0.3) is 0 Å². The maximum Gasteiger partial charge on any atom is 0.434 e. The van der Waals surface area contributed by atoms with Crippen LogP contribution in [0.4, 0.5) is 4.79 Å². The molecular formula is C18H21ClINO2. The van der Waals surface area contributed by atoms with Crippen molar-refractivity contribution < 1.29 is 9.53 Å². The molecule has 0 saturated heterocycles. The van der Waals surface area contributed by atoms with Crippen LogP contribution in [0, 0.1) is 0 Å². The number of halogens is 2. The summed E-state index contributed by atoms with van der Waals surface area (Å²) in [4.78, 5) is 15.7. The predicted octanol–water partition coefficient (Wildman–Crippen LogP) is 6.27. The molecule has 0 aromatic carbocycles. The zero-order valence-corrected chi connectivity index (χ0v) is 16.6. The Labute approximate surface area is 156 Å². The van der Waals surface area contributed by atoms with Crippen molar-refractivity contribution in [3.8, 4) is 0 Å². The second kappa shape index (κ2) is 9.88. The highest BCUT2D eigenvalue weighted by Crippen LogP contribution is 2.18. The minimum absolute atomic E-state index is 0.152. The number of ether oxygens (including phenoxy) is 1. The summed E-state index contributed by atoms with van der Waals surface area (Å²) in [6.45, 7) is 10.3. The molecule has 1 amide bonds. The molecule has 1 aliphatic rings. The number of rotatable bonds is 5. The highest BCUT2D eigenvalue weighted by atomic mass is 127. The molecule has 1 rings (SSSR count). The van der Waals surface area contributed by atoms with Crippen molar-refractivity contribution in [2.45, 2.75) is 33.6 Å². The maximum atomic E-state index is 11.8. The summed E-state index contributed by atoms with van der Waals surface area (Å²) in [6.07, 6.45) is 6.51. The fraction of sp³-hybridized carbons (Fsp3) is 0.333. The molecule has 0 atom stereocenters. The van der Waals surface area contributed by atoms with Gasteiger partial charge >= 0.3 is 6.09 Å². The molecule has 0 saturated carbocycles. The van der Waals surface area contributed by atoms with Crippen LogP contribution in [0.5, 0.6) is 0 Å². The van der Waals surface area contributed by atoms with Gasteiger partial charge in [0, 0.05) is 9.12 Å². The van der Waals surface area contributed by atoms with E-state index < -0.39 is 6.09 Å². The molecule has 0 spiro atoms. The van der Waals surface area contributed by atoms with Crippen LogP contribution in [-0.2, 0) is 4.74 Å². The molecule has 1 aliphatic carbocycles. The molecule has 0 aliphatic heterocycles. The average molecular weight is 446 g/mol. The summed E-state index contributed by atoms with van der Waals surface area (Å²) < 4.78 is 6.22. The molecule has 0 aromatic heterocycles. The summed E-state index contributed by atoms with van der Waals surface area (Å²) in [6, 6.07) is 0. The summed E-state index contributed by atoms with van der Waals surface area (Å²) >= 11 is 7.99. The molecule has 0 fully saturated rings. The Morgan fingerprint density at radius 2 is 2.04 bits per heavy atom.